The number of anilines is 2. The summed E-state index contributed by atoms with van der Waals surface area (Å²) < 4.78 is 19.8. The molecule has 2 aliphatic heterocycles. The minimum absolute atomic E-state index is 0.178. The highest BCUT2D eigenvalue weighted by atomic mass is 19.1. The van der Waals surface area contributed by atoms with Crippen molar-refractivity contribution in [2.75, 3.05) is 36.0 Å². The van der Waals surface area contributed by atoms with Crippen molar-refractivity contribution in [3.05, 3.63) is 24.0 Å². The van der Waals surface area contributed by atoms with Gasteiger partial charge in [0.15, 0.2) is 0 Å². The predicted molar refractivity (Wildman–Crippen MR) is 93.4 cm³/mol. The van der Waals surface area contributed by atoms with Crippen molar-refractivity contribution >= 4 is 23.4 Å². The van der Waals surface area contributed by atoms with Gasteiger partial charge in [-0.2, -0.15) is 0 Å². The Hall–Kier alpha value is -2.31. The van der Waals surface area contributed by atoms with E-state index < -0.39 is 12.2 Å². The van der Waals surface area contributed by atoms with Crippen molar-refractivity contribution in [1.82, 2.24) is 5.32 Å². The van der Waals surface area contributed by atoms with E-state index in [1.165, 1.54) is 30.7 Å². The second-order valence-corrected chi connectivity index (χ2v) is 6.59. The normalized spacial score (nSPS) is 21.0. The SMILES string of the molecule is CC(=O)NC[C@H]1CN(c2ccc(N3CCCCCC3)c(F)c2)C(=O)O1. The molecule has 136 valence electrons. The number of nitrogens with zero attached hydrogens (tertiary/aromatic N) is 2. The van der Waals surface area contributed by atoms with Crippen molar-refractivity contribution in [1.29, 1.82) is 0 Å². The lowest BCUT2D eigenvalue weighted by molar-refractivity contribution is -0.119. The van der Waals surface area contributed by atoms with Gasteiger partial charge in [-0.15, -0.1) is 0 Å². The highest BCUT2D eigenvalue weighted by Crippen LogP contribution is 2.29. The molecule has 2 aliphatic rings. The highest BCUT2D eigenvalue weighted by Gasteiger charge is 2.32. The molecular weight excluding hydrogens is 325 g/mol. The largest absolute Gasteiger partial charge is 0.442 e. The van der Waals surface area contributed by atoms with Crippen LogP contribution in [0.25, 0.3) is 0 Å². The molecule has 1 aromatic carbocycles. The molecule has 0 unspecified atom stereocenters. The number of rotatable bonds is 4. The number of hydrogen-bond acceptors (Lipinski definition) is 4. The summed E-state index contributed by atoms with van der Waals surface area (Å²) >= 11 is 0. The van der Waals surface area contributed by atoms with E-state index in [2.05, 4.69) is 10.2 Å². The van der Waals surface area contributed by atoms with Gasteiger partial charge in [-0.05, 0) is 31.0 Å². The van der Waals surface area contributed by atoms with Gasteiger partial charge in [0.2, 0.25) is 5.91 Å². The first-order chi connectivity index (χ1) is 12.0. The summed E-state index contributed by atoms with van der Waals surface area (Å²) in [7, 11) is 0. The fourth-order valence-corrected chi connectivity index (χ4v) is 3.33. The fourth-order valence-electron chi connectivity index (χ4n) is 3.33. The maximum Gasteiger partial charge on any atom is 0.414 e. The Kier molecular flexibility index (Phi) is 5.40. The van der Waals surface area contributed by atoms with Crippen molar-refractivity contribution in [3.8, 4) is 0 Å². The minimum Gasteiger partial charge on any atom is -0.442 e. The lowest BCUT2D eigenvalue weighted by Gasteiger charge is -2.24. The monoisotopic (exact) mass is 349 g/mol. The van der Waals surface area contributed by atoms with Gasteiger partial charge in [0, 0.05) is 20.0 Å². The summed E-state index contributed by atoms with van der Waals surface area (Å²) in [5, 5.41) is 2.63. The number of amides is 2. The Morgan fingerprint density at radius 1 is 1.28 bits per heavy atom. The Balaban J connectivity index is 1.69. The molecule has 0 aliphatic carbocycles. The summed E-state index contributed by atoms with van der Waals surface area (Å²) in [5.41, 5.74) is 1.07. The summed E-state index contributed by atoms with van der Waals surface area (Å²) in [6, 6.07) is 4.89. The summed E-state index contributed by atoms with van der Waals surface area (Å²) in [5.74, 6) is -0.500. The van der Waals surface area contributed by atoms with Gasteiger partial charge in [0.25, 0.3) is 0 Å². The fraction of sp³-hybridized carbons (Fsp3) is 0.556. The standard InChI is InChI=1S/C18H24FN3O3/c1-13(23)20-11-15-12-22(18(24)25-15)14-6-7-17(16(19)10-14)21-8-4-2-3-5-9-21/h6-7,10,15H,2-5,8-9,11-12H2,1H3,(H,20,23)/t15-/m0/s1. The van der Waals surface area contributed by atoms with Crippen molar-refractivity contribution in [3.63, 3.8) is 0 Å². The number of carbonyl (C=O) groups is 2. The van der Waals surface area contributed by atoms with E-state index in [0.717, 1.165) is 25.9 Å². The Labute approximate surface area is 146 Å². The third-order valence-corrected chi connectivity index (χ3v) is 4.64. The first-order valence-corrected chi connectivity index (χ1v) is 8.81. The van der Waals surface area contributed by atoms with Crippen LogP contribution in [0.1, 0.15) is 32.6 Å². The van der Waals surface area contributed by atoms with Crippen molar-refractivity contribution in [2.24, 2.45) is 0 Å². The third kappa shape index (κ3) is 4.21. The van der Waals surface area contributed by atoms with Crippen LogP contribution in [0.15, 0.2) is 18.2 Å². The van der Waals surface area contributed by atoms with Gasteiger partial charge < -0.3 is 15.0 Å². The molecule has 2 fully saturated rings. The van der Waals surface area contributed by atoms with E-state index in [1.807, 2.05) is 0 Å². The first-order valence-electron chi connectivity index (χ1n) is 8.81. The van der Waals surface area contributed by atoms with E-state index in [9.17, 15) is 14.0 Å². The number of halogens is 1. The molecular formula is C18H24FN3O3. The topological polar surface area (TPSA) is 61.9 Å². The van der Waals surface area contributed by atoms with E-state index in [0.29, 0.717) is 17.9 Å². The van der Waals surface area contributed by atoms with Crippen LogP contribution in [0.3, 0.4) is 0 Å². The molecule has 3 rings (SSSR count). The molecule has 7 heteroatoms. The number of nitrogens with one attached hydrogen (secondary N) is 1. The molecule has 1 N–H and O–H groups in total. The summed E-state index contributed by atoms with van der Waals surface area (Å²) in [6.45, 7) is 3.68. The van der Waals surface area contributed by atoms with Crippen LogP contribution >= 0.6 is 0 Å². The van der Waals surface area contributed by atoms with Gasteiger partial charge >= 0.3 is 6.09 Å². The lowest BCUT2D eigenvalue weighted by Crippen LogP contribution is -2.33. The Morgan fingerprint density at radius 3 is 2.64 bits per heavy atom. The zero-order valence-corrected chi connectivity index (χ0v) is 14.5. The van der Waals surface area contributed by atoms with Gasteiger partial charge in [-0.1, -0.05) is 12.8 Å². The zero-order chi connectivity index (χ0) is 17.8. The highest BCUT2D eigenvalue weighted by molar-refractivity contribution is 5.90. The lowest BCUT2D eigenvalue weighted by atomic mass is 10.2. The zero-order valence-electron chi connectivity index (χ0n) is 14.5. The molecule has 1 aromatic rings. The molecule has 2 saturated heterocycles. The molecule has 2 heterocycles. The average Bonchev–Trinajstić information content (AvgIpc) is 2.78. The number of hydrogen-bond donors (Lipinski definition) is 1. The molecule has 1 atom stereocenters. The van der Waals surface area contributed by atoms with E-state index in [-0.39, 0.29) is 18.3 Å². The van der Waals surface area contributed by atoms with Gasteiger partial charge in [0.05, 0.1) is 24.5 Å². The number of benzene rings is 1. The molecule has 0 saturated carbocycles. The van der Waals surface area contributed by atoms with Crippen LogP contribution < -0.4 is 15.1 Å². The minimum atomic E-state index is -0.516. The van der Waals surface area contributed by atoms with Gasteiger partial charge in [-0.3, -0.25) is 9.69 Å². The quantitative estimate of drug-likeness (QED) is 0.908. The maximum absolute atomic E-state index is 14.6. The number of carbonyl (C=O) groups excluding carboxylic acids is 2. The molecule has 0 aromatic heterocycles. The van der Waals surface area contributed by atoms with E-state index in [4.69, 9.17) is 4.74 Å². The van der Waals surface area contributed by atoms with Gasteiger partial charge in [-0.25, -0.2) is 9.18 Å². The van der Waals surface area contributed by atoms with Crippen molar-refractivity contribution in [2.45, 2.75) is 38.7 Å². The average molecular weight is 349 g/mol. The van der Waals surface area contributed by atoms with Crippen LogP contribution in [0, 0.1) is 5.82 Å². The molecule has 0 radical (unpaired) electrons. The third-order valence-electron chi connectivity index (χ3n) is 4.64. The first kappa shape index (κ1) is 17.5. The van der Waals surface area contributed by atoms with Gasteiger partial charge in [0.1, 0.15) is 11.9 Å². The maximum atomic E-state index is 14.6. The second-order valence-electron chi connectivity index (χ2n) is 6.59. The molecule has 6 nitrogen and oxygen atoms in total. The molecule has 0 spiro atoms. The van der Waals surface area contributed by atoms with Crippen LogP contribution in [-0.2, 0) is 9.53 Å². The number of cyclic esters (lactones) is 1. The van der Waals surface area contributed by atoms with Crippen LogP contribution in [0.2, 0.25) is 0 Å². The predicted octanol–water partition coefficient (Wildman–Crippen LogP) is 2.67. The van der Waals surface area contributed by atoms with E-state index >= 15 is 0 Å². The number of ether oxygens (including phenoxy) is 1. The Bertz CT molecular complexity index is 644. The van der Waals surface area contributed by atoms with Crippen LogP contribution in [0.4, 0.5) is 20.6 Å². The molecule has 0 bridgehead atoms. The smallest absolute Gasteiger partial charge is 0.414 e. The van der Waals surface area contributed by atoms with E-state index in [1.54, 1.807) is 12.1 Å². The summed E-state index contributed by atoms with van der Waals surface area (Å²) in [6.07, 6.45) is 3.58. The van der Waals surface area contributed by atoms with Crippen LogP contribution in [-0.4, -0.2) is 44.3 Å². The van der Waals surface area contributed by atoms with Crippen molar-refractivity contribution < 1.29 is 18.7 Å². The molecule has 2 amide bonds. The summed E-state index contributed by atoms with van der Waals surface area (Å²) in [4.78, 5) is 26.5. The Morgan fingerprint density at radius 2 is 2.00 bits per heavy atom. The second kappa shape index (κ2) is 7.72. The van der Waals surface area contributed by atoms with Crippen LogP contribution in [0.5, 0.6) is 0 Å². The molecule has 25 heavy (non-hydrogen) atoms.